The van der Waals surface area contributed by atoms with Gasteiger partial charge in [0.1, 0.15) is 0 Å². The van der Waals surface area contributed by atoms with Gasteiger partial charge in [-0.05, 0) is 123 Å². The molecule has 0 radical (unpaired) electrons. The maximum atomic E-state index is 2.71. The van der Waals surface area contributed by atoms with E-state index in [1.807, 2.05) is 0 Å². The lowest BCUT2D eigenvalue weighted by Gasteiger charge is -2.63. The largest absolute Gasteiger partial charge is 0.104 e. The Labute approximate surface area is 188 Å². The monoisotopic (exact) mass is 440 g/mol. The highest BCUT2D eigenvalue weighted by molar-refractivity contribution is 7.47. The van der Waals surface area contributed by atoms with E-state index < -0.39 is 0 Å². The highest BCUT2D eigenvalue weighted by atomic mass is 31.1. The molecule has 9 rings (SSSR count). The molecule has 8 saturated carbocycles. The van der Waals surface area contributed by atoms with Crippen molar-refractivity contribution in [3.05, 3.63) is 24.3 Å². The molecule has 9 aliphatic rings. The number of hydrogen-bond acceptors (Lipinski definition) is 0. The molecule has 4 atom stereocenters. The molecule has 4 unspecified atom stereocenters. The predicted octanol–water partition coefficient (Wildman–Crippen LogP) is 7.92. The molecule has 8 bridgehead atoms. The van der Waals surface area contributed by atoms with Crippen molar-refractivity contribution in [3.63, 3.8) is 0 Å². The molecule has 0 saturated heterocycles. The summed E-state index contributed by atoms with van der Waals surface area (Å²) in [5.74, 6) is 6.54. The van der Waals surface area contributed by atoms with Gasteiger partial charge in [0.15, 0.2) is 0 Å². The zero-order valence-electron chi connectivity index (χ0n) is 19.3. The fourth-order valence-electron chi connectivity index (χ4n) is 10.8. The Morgan fingerprint density at radius 1 is 0.500 bits per heavy atom. The SMILES string of the molecule is CC1(PC23CC4CC(CC(C4)C2)C3)C=CC=CC1(C)PC12CC3CC(CC(C3)C1)C2. The van der Waals surface area contributed by atoms with Crippen LogP contribution < -0.4 is 0 Å². The van der Waals surface area contributed by atoms with Crippen molar-refractivity contribution in [3.8, 4) is 0 Å². The number of rotatable bonds is 4. The van der Waals surface area contributed by atoms with Crippen molar-refractivity contribution in [1.29, 1.82) is 0 Å². The van der Waals surface area contributed by atoms with Gasteiger partial charge in [-0.15, -0.1) is 17.2 Å². The topological polar surface area (TPSA) is 0 Å². The zero-order valence-corrected chi connectivity index (χ0v) is 21.3. The van der Waals surface area contributed by atoms with Gasteiger partial charge in [0.25, 0.3) is 0 Å². The Bertz CT molecular complexity index is 656. The van der Waals surface area contributed by atoms with Crippen molar-refractivity contribution < 1.29 is 0 Å². The summed E-state index contributed by atoms with van der Waals surface area (Å²) in [5, 5.41) is 2.23. The van der Waals surface area contributed by atoms with Crippen molar-refractivity contribution in [2.45, 2.75) is 112 Å². The van der Waals surface area contributed by atoms with E-state index in [0.717, 1.165) is 52.7 Å². The third kappa shape index (κ3) is 2.98. The molecule has 30 heavy (non-hydrogen) atoms. The molecule has 0 aliphatic heterocycles. The van der Waals surface area contributed by atoms with Crippen LogP contribution in [0, 0.1) is 35.5 Å². The van der Waals surface area contributed by atoms with Crippen LogP contribution in [0.15, 0.2) is 24.3 Å². The van der Waals surface area contributed by atoms with Crippen LogP contribution in [0.1, 0.15) is 90.9 Å². The summed E-state index contributed by atoms with van der Waals surface area (Å²) in [5.41, 5.74) is 0. The van der Waals surface area contributed by atoms with Crippen LogP contribution in [-0.2, 0) is 0 Å². The summed E-state index contributed by atoms with van der Waals surface area (Å²) in [4.78, 5) is 0. The molecule has 0 aromatic rings. The lowest BCUT2D eigenvalue weighted by atomic mass is 9.56. The average Bonchev–Trinajstić information content (AvgIpc) is 2.61. The van der Waals surface area contributed by atoms with Gasteiger partial charge in [0.2, 0.25) is 0 Å². The molecule has 9 aliphatic carbocycles. The van der Waals surface area contributed by atoms with E-state index in [-0.39, 0.29) is 0 Å². The molecular weight excluding hydrogens is 398 g/mol. The molecule has 0 amide bonds. The van der Waals surface area contributed by atoms with Crippen LogP contribution in [0.3, 0.4) is 0 Å². The fourth-order valence-corrected chi connectivity index (χ4v) is 16.8. The van der Waals surface area contributed by atoms with Gasteiger partial charge in [-0.3, -0.25) is 0 Å². The van der Waals surface area contributed by atoms with Crippen molar-refractivity contribution in [2.75, 3.05) is 0 Å². The van der Waals surface area contributed by atoms with E-state index in [2.05, 4.69) is 38.2 Å². The van der Waals surface area contributed by atoms with Crippen LogP contribution in [-0.4, -0.2) is 20.6 Å². The van der Waals surface area contributed by atoms with Gasteiger partial charge < -0.3 is 0 Å². The second-order valence-corrected chi connectivity index (χ2v) is 18.5. The summed E-state index contributed by atoms with van der Waals surface area (Å²) in [6.45, 7) is 5.41. The molecule has 8 fully saturated rings. The Kier molecular flexibility index (Phi) is 4.27. The molecule has 0 heterocycles. The maximum Gasteiger partial charge on any atom is 0.0160 e. The molecule has 2 heteroatoms. The van der Waals surface area contributed by atoms with Gasteiger partial charge in [-0.1, -0.05) is 38.2 Å². The van der Waals surface area contributed by atoms with Crippen LogP contribution in [0.2, 0.25) is 0 Å². The fraction of sp³-hybridized carbons (Fsp3) is 0.857. The van der Waals surface area contributed by atoms with E-state index in [9.17, 15) is 0 Å². The first-order valence-corrected chi connectivity index (χ1v) is 15.3. The summed E-state index contributed by atoms with van der Waals surface area (Å²) < 4.78 is 0. The summed E-state index contributed by atoms with van der Waals surface area (Å²) in [6.07, 6.45) is 29.3. The Balaban J connectivity index is 1.19. The molecule has 0 aromatic carbocycles. The van der Waals surface area contributed by atoms with Crippen LogP contribution >= 0.6 is 17.2 Å². The second-order valence-electron chi connectivity index (χ2n) is 13.8. The second kappa shape index (κ2) is 6.47. The van der Waals surface area contributed by atoms with Gasteiger partial charge >= 0.3 is 0 Å². The highest BCUT2D eigenvalue weighted by Crippen LogP contribution is 2.72. The van der Waals surface area contributed by atoms with Gasteiger partial charge in [0, 0.05) is 10.3 Å². The molecule has 164 valence electrons. The third-order valence-electron chi connectivity index (χ3n) is 11.2. The quantitative estimate of drug-likeness (QED) is 0.389. The van der Waals surface area contributed by atoms with Crippen LogP contribution in [0.25, 0.3) is 0 Å². The van der Waals surface area contributed by atoms with Gasteiger partial charge in [-0.2, -0.15) is 0 Å². The summed E-state index contributed by atoms with van der Waals surface area (Å²) in [7, 11) is 2.31. The molecule has 0 N–H and O–H groups in total. The first-order valence-electron chi connectivity index (χ1n) is 13.3. The first-order chi connectivity index (χ1) is 14.3. The first kappa shape index (κ1) is 19.8. The molecular formula is C28H42P2. The van der Waals surface area contributed by atoms with Gasteiger partial charge in [0.05, 0.1) is 0 Å². The van der Waals surface area contributed by atoms with Crippen molar-refractivity contribution >= 4 is 17.2 Å². The highest BCUT2D eigenvalue weighted by Gasteiger charge is 2.58. The Morgan fingerprint density at radius 2 is 0.767 bits per heavy atom. The predicted molar refractivity (Wildman–Crippen MR) is 134 cm³/mol. The third-order valence-corrected chi connectivity index (χ3v) is 16.1. The number of hydrogen-bond donors (Lipinski definition) is 0. The lowest BCUT2D eigenvalue weighted by Crippen LogP contribution is -2.54. The van der Waals surface area contributed by atoms with E-state index in [1.54, 1.807) is 77.0 Å². The molecule has 0 spiro atoms. The molecule has 0 nitrogen and oxygen atoms in total. The van der Waals surface area contributed by atoms with Crippen molar-refractivity contribution in [1.82, 2.24) is 0 Å². The normalized spacial score (nSPS) is 60.7. The zero-order chi connectivity index (χ0) is 20.2. The minimum absolute atomic E-state index is 0.398. The smallest absolute Gasteiger partial charge is 0.0160 e. The lowest BCUT2D eigenvalue weighted by molar-refractivity contribution is 0.0350. The van der Waals surface area contributed by atoms with Crippen molar-refractivity contribution in [2.24, 2.45) is 35.5 Å². The Morgan fingerprint density at radius 3 is 1.03 bits per heavy atom. The van der Waals surface area contributed by atoms with E-state index in [4.69, 9.17) is 0 Å². The molecule has 0 aromatic heterocycles. The Hall–Kier alpha value is 0.340. The minimum atomic E-state index is 0.398. The van der Waals surface area contributed by atoms with Crippen LogP contribution in [0.5, 0.6) is 0 Å². The summed E-state index contributed by atoms with van der Waals surface area (Å²) in [6, 6.07) is 0. The van der Waals surface area contributed by atoms with E-state index >= 15 is 0 Å². The van der Waals surface area contributed by atoms with E-state index in [1.165, 1.54) is 0 Å². The summed E-state index contributed by atoms with van der Waals surface area (Å²) >= 11 is 0. The minimum Gasteiger partial charge on any atom is -0.104 e. The van der Waals surface area contributed by atoms with E-state index in [0.29, 0.717) is 20.6 Å². The maximum absolute atomic E-state index is 2.71. The van der Waals surface area contributed by atoms with Gasteiger partial charge in [-0.25, -0.2) is 0 Å². The standard InChI is InChI=1S/C28H42P2/c1-25(29-27-13-19-7-20(14-27)9-21(8-19)15-27)5-3-4-6-26(25,2)30-28-16-22-10-23(17-28)12-24(11-22)18-28/h3-6,19-24,29-30H,7-18H2,1-2H3. The van der Waals surface area contributed by atoms with Crippen LogP contribution in [0.4, 0.5) is 0 Å². The average molecular weight is 441 g/mol. The number of allylic oxidation sites excluding steroid dienone is 4.